The average molecular weight is 488 g/mol. The molecule has 0 spiro atoms. The molecule has 1 aliphatic heterocycles. The number of likely N-dealkylation sites (tertiary alicyclic amines) is 1. The highest BCUT2D eigenvalue weighted by molar-refractivity contribution is 7.15. The van der Waals surface area contributed by atoms with Gasteiger partial charge in [-0.05, 0) is 82.6 Å². The van der Waals surface area contributed by atoms with Gasteiger partial charge in [0, 0.05) is 29.3 Å². The molecule has 0 saturated carbocycles. The normalized spacial score (nSPS) is 15.0. The van der Waals surface area contributed by atoms with Crippen LogP contribution in [0.3, 0.4) is 0 Å². The standard InChI is InChI=1S/C29H30FN3OS/c1-18-8-10-23(24(30)16-18)28-26(31-29(35-28)21-12-14-32(4)15-13-21)22-9-11-25(34)33(17-22)27-19(2)6-5-7-20(27)3/h5-11,16-17,21H,12-15H2,1-4H3. The summed E-state index contributed by atoms with van der Waals surface area (Å²) < 4.78 is 16.9. The van der Waals surface area contributed by atoms with Gasteiger partial charge in [-0.25, -0.2) is 9.37 Å². The van der Waals surface area contributed by atoms with Crippen LogP contribution in [0, 0.1) is 26.6 Å². The molecule has 2 aromatic carbocycles. The van der Waals surface area contributed by atoms with Gasteiger partial charge in [0.1, 0.15) is 5.82 Å². The number of para-hydroxylation sites is 1. The number of halogens is 1. The molecule has 5 rings (SSSR count). The van der Waals surface area contributed by atoms with Crippen molar-refractivity contribution < 1.29 is 4.39 Å². The van der Waals surface area contributed by atoms with Gasteiger partial charge in [0.2, 0.25) is 0 Å². The summed E-state index contributed by atoms with van der Waals surface area (Å²) in [5.74, 6) is 0.120. The Morgan fingerprint density at radius 1 is 1.00 bits per heavy atom. The molecule has 0 aliphatic carbocycles. The zero-order chi connectivity index (χ0) is 24.7. The molecule has 2 aromatic heterocycles. The Hall–Kier alpha value is -3.09. The maximum atomic E-state index is 15.2. The lowest BCUT2D eigenvalue weighted by atomic mass is 9.98. The lowest BCUT2D eigenvalue weighted by Crippen LogP contribution is -2.29. The number of aryl methyl sites for hydroxylation is 3. The maximum Gasteiger partial charge on any atom is 0.255 e. The minimum atomic E-state index is -0.243. The fraction of sp³-hybridized carbons (Fsp3) is 0.310. The topological polar surface area (TPSA) is 38.1 Å². The molecule has 35 heavy (non-hydrogen) atoms. The van der Waals surface area contributed by atoms with Crippen molar-refractivity contribution >= 4 is 11.3 Å². The van der Waals surface area contributed by atoms with E-state index in [0.29, 0.717) is 11.5 Å². The van der Waals surface area contributed by atoms with Crippen LogP contribution >= 0.6 is 11.3 Å². The van der Waals surface area contributed by atoms with Gasteiger partial charge in [0.05, 0.1) is 21.3 Å². The van der Waals surface area contributed by atoms with E-state index in [0.717, 1.165) is 69.5 Å². The largest absolute Gasteiger partial charge is 0.306 e. The summed E-state index contributed by atoms with van der Waals surface area (Å²) >= 11 is 1.59. The number of thiazole rings is 1. The first-order valence-corrected chi connectivity index (χ1v) is 12.9. The number of benzene rings is 2. The Labute approximate surface area is 209 Å². The van der Waals surface area contributed by atoms with E-state index in [1.807, 2.05) is 63.4 Å². The van der Waals surface area contributed by atoms with Gasteiger partial charge >= 0.3 is 0 Å². The Morgan fingerprint density at radius 2 is 1.71 bits per heavy atom. The summed E-state index contributed by atoms with van der Waals surface area (Å²) in [6.07, 6.45) is 3.95. The minimum absolute atomic E-state index is 0.0972. The third-order valence-corrected chi connectivity index (χ3v) is 8.20. The van der Waals surface area contributed by atoms with E-state index < -0.39 is 0 Å². The molecule has 180 valence electrons. The van der Waals surface area contributed by atoms with Crippen molar-refractivity contribution in [2.24, 2.45) is 0 Å². The highest BCUT2D eigenvalue weighted by Crippen LogP contribution is 2.42. The fourth-order valence-corrected chi connectivity index (χ4v) is 6.22. The molecule has 0 amide bonds. The molecular weight excluding hydrogens is 457 g/mol. The SMILES string of the molecule is Cc1ccc(-c2sc(C3CCN(C)CC3)nc2-c2ccc(=O)n(-c3c(C)cccc3C)c2)c(F)c1. The third-order valence-electron chi connectivity index (χ3n) is 6.95. The Balaban J connectivity index is 1.68. The second-order valence-corrected chi connectivity index (χ2v) is 10.7. The van der Waals surface area contributed by atoms with E-state index >= 15 is 4.39 Å². The van der Waals surface area contributed by atoms with Gasteiger partial charge in [-0.15, -0.1) is 11.3 Å². The van der Waals surface area contributed by atoms with Gasteiger partial charge in [0.15, 0.2) is 0 Å². The van der Waals surface area contributed by atoms with Crippen LogP contribution in [0.2, 0.25) is 0 Å². The number of hydrogen-bond acceptors (Lipinski definition) is 4. The predicted molar refractivity (Wildman–Crippen MR) is 142 cm³/mol. The lowest BCUT2D eigenvalue weighted by molar-refractivity contribution is 0.255. The average Bonchev–Trinajstić information content (AvgIpc) is 3.25. The molecule has 1 aliphatic rings. The van der Waals surface area contributed by atoms with Crippen molar-refractivity contribution in [2.45, 2.75) is 39.5 Å². The van der Waals surface area contributed by atoms with Crippen LogP contribution in [0.1, 0.15) is 40.5 Å². The molecular formula is C29H30FN3OS. The second kappa shape index (κ2) is 9.51. The summed E-state index contributed by atoms with van der Waals surface area (Å²) in [7, 11) is 2.15. The Bertz CT molecular complexity index is 1430. The summed E-state index contributed by atoms with van der Waals surface area (Å²) in [4.78, 5) is 21.2. The zero-order valence-electron chi connectivity index (χ0n) is 20.6. The highest BCUT2D eigenvalue weighted by atomic mass is 32.1. The monoisotopic (exact) mass is 487 g/mol. The van der Waals surface area contributed by atoms with Crippen molar-refractivity contribution in [1.82, 2.24) is 14.5 Å². The van der Waals surface area contributed by atoms with E-state index in [2.05, 4.69) is 11.9 Å². The number of pyridine rings is 1. The number of piperidine rings is 1. The second-order valence-electron chi connectivity index (χ2n) is 9.66. The van der Waals surface area contributed by atoms with Crippen molar-refractivity contribution in [2.75, 3.05) is 20.1 Å². The van der Waals surface area contributed by atoms with E-state index in [9.17, 15) is 4.79 Å². The molecule has 4 nitrogen and oxygen atoms in total. The molecule has 0 radical (unpaired) electrons. The van der Waals surface area contributed by atoms with Crippen molar-refractivity contribution in [1.29, 1.82) is 0 Å². The van der Waals surface area contributed by atoms with Crippen LogP contribution in [-0.4, -0.2) is 34.6 Å². The van der Waals surface area contributed by atoms with Gasteiger partial charge in [-0.1, -0.05) is 30.3 Å². The van der Waals surface area contributed by atoms with Gasteiger partial charge in [-0.3, -0.25) is 9.36 Å². The molecule has 4 aromatic rings. The molecule has 0 atom stereocenters. The highest BCUT2D eigenvalue weighted by Gasteiger charge is 2.25. The number of aromatic nitrogens is 2. The molecule has 1 saturated heterocycles. The van der Waals surface area contributed by atoms with Crippen molar-refractivity contribution in [3.63, 3.8) is 0 Å². The molecule has 0 unspecified atom stereocenters. The minimum Gasteiger partial charge on any atom is -0.306 e. The van der Waals surface area contributed by atoms with Crippen LogP contribution in [0.25, 0.3) is 27.4 Å². The molecule has 3 heterocycles. The summed E-state index contributed by atoms with van der Waals surface area (Å²) in [6.45, 7) is 7.98. The smallest absolute Gasteiger partial charge is 0.255 e. The lowest BCUT2D eigenvalue weighted by Gasteiger charge is -2.27. The third kappa shape index (κ3) is 4.60. The molecule has 1 fully saturated rings. The van der Waals surface area contributed by atoms with Crippen LogP contribution in [0.4, 0.5) is 4.39 Å². The first-order valence-electron chi connectivity index (χ1n) is 12.1. The number of nitrogens with zero attached hydrogens (tertiary/aromatic N) is 3. The van der Waals surface area contributed by atoms with Crippen molar-refractivity contribution in [3.8, 4) is 27.4 Å². The van der Waals surface area contributed by atoms with E-state index in [1.165, 1.54) is 0 Å². The molecule has 6 heteroatoms. The summed E-state index contributed by atoms with van der Waals surface area (Å²) in [5.41, 5.74) is 5.85. The van der Waals surface area contributed by atoms with Gasteiger partial charge < -0.3 is 4.90 Å². The predicted octanol–water partition coefficient (Wildman–Crippen LogP) is 6.50. The molecule has 0 N–H and O–H groups in total. The molecule has 0 bridgehead atoms. The zero-order valence-corrected chi connectivity index (χ0v) is 21.5. The quantitative estimate of drug-likeness (QED) is 0.330. The Morgan fingerprint density at radius 3 is 2.40 bits per heavy atom. The Kier molecular flexibility index (Phi) is 6.43. The summed E-state index contributed by atoms with van der Waals surface area (Å²) in [5, 5.41) is 1.05. The fourth-order valence-electron chi connectivity index (χ4n) is 4.94. The van der Waals surface area contributed by atoms with Crippen LogP contribution in [0.15, 0.2) is 59.5 Å². The van der Waals surface area contributed by atoms with Gasteiger partial charge in [0.25, 0.3) is 5.56 Å². The maximum absolute atomic E-state index is 15.2. The number of rotatable bonds is 4. The summed E-state index contributed by atoms with van der Waals surface area (Å²) in [6, 6.07) is 14.8. The van der Waals surface area contributed by atoms with Crippen LogP contribution in [-0.2, 0) is 0 Å². The van der Waals surface area contributed by atoms with Crippen LogP contribution in [0.5, 0.6) is 0 Å². The number of hydrogen-bond donors (Lipinski definition) is 0. The van der Waals surface area contributed by atoms with Crippen LogP contribution < -0.4 is 5.56 Å². The van der Waals surface area contributed by atoms with E-state index in [1.54, 1.807) is 28.0 Å². The first kappa shape index (κ1) is 23.6. The first-order chi connectivity index (χ1) is 16.8. The van der Waals surface area contributed by atoms with E-state index in [-0.39, 0.29) is 11.4 Å². The van der Waals surface area contributed by atoms with Gasteiger partial charge in [-0.2, -0.15) is 0 Å². The van der Waals surface area contributed by atoms with Crippen molar-refractivity contribution in [3.05, 3.63) is 92.6 Å². The van der Waals surface area contributed by atoms with E-state index in [4.69, 9.17) is 4.98 Å².